The zero-order chi connectivity index (χ0) is 19.6. The van der Waals surface area contributed by atoms with Crippen LogP contribution in [0.25, 0.3) is 11.4 Å². The number of benzene rings is 2. The zero-order valence-corrected chi connectivity index (χ0v) is 17.4. The molecule has 3 aromatic rings. The molecule has 0 aliphatic carbocycles. The fourth-order valence-electron chi connectivity index (χ4n) is 2.52. The molecule has 3 rings (SSSR count). The minimum atomic E-state index is -0.396. The Bertz CT molecular complexity index is 990. The van der Waals surface area contributed by atoms with Crippen LogP contribution in [0.3, 0.4) is 0 Å². The summed E-state index contributed by atoms with van der Waals surface area (Å²) in [7, 11) is 1.89. The summed E-state index contributed by atoms with van der Waals surface area (Å²) in [4.78, 5) is 12.5. The first-order chi connectivity index (χ1) is 12.9. The molecule has 1 amide bonds. The molecule has 0 saturated carbocycles. The summed E-state index contributed by atoms with van der Waals surface area (Å²) in [5, 5.41) is 12.5. The van der Waals surface area contributed by atoms with E-state index in [1.165, 1.54) is 11.8 Å². The lowest BCUT2D eigenvalue weighted by Crippen LogP contribution is -2.23. The fraction of sp³-hybridized carbons (Fsp3) is 0.211. The molecule has 1 aromatic heterocycles. The van der Waals surface area contributed by atoms with E-state index < -0.39 is 5.25 Å². The maximum atomic E-state index is 12.5. The third-order valence-electron chi connectivity index (χ3n) is 4.06. The van der Waals surface area contributed by atoms with Gasteiger partial charge in [-0.1, -0.05) is 59.2 Å². The smallest absolute Gasteiger partial charge is 0.237 e. The molecule has 27 heavy (non-hydrogen) atoms. The molecule has 0 fully saturated rings. The lowest BCUT2D eigenvalue weighted by molar-refractivity contribution is -0.115. The molecule has 8 heteroatoms. The Balaban J connectivity index is 1.75. The van der Waals surface area contributed by atoms with Crippen molar-refractivity contribution in [1.29, 1.82) is 0 Å². The van der Waals surface area contributed by atoms with Gasteiger partial charge >= 0.3 is 0 Å². The molecular formula is C19H18Cl2N4OS. The number of aryl methyl sites for hydroxylation is 1. The Morgan fingerprint density at radius 3 is 2.67 bits per heavy atom. The number of thioether (sulfide) groups is 1. The molecule has 0 aliphatic heterocycles. The Morgan fingerprint density at radius 1 is 1.19 bits per heavy atom. The normalized spacial score (nSPS) is 12.0. The number of rotatable bonds is 5. The Morgan fingerprint density at radius 2 is 1.93 bits per heavy atom. The summed E-state index contributed by atoms with van der Waals surface area (Å²) < 4.78 is 1.89. The summed E-state index contributed by atoms with van der Waals surface area (Å²) in [6.07, 6.45) is 0. The minimum Gasteiger partial charge on any atom is -0.324 e. The van der Waals surface area contributed by atoms with Gasteiger partial charge in [0.2, 0.25) is 5.91 Å². The number of nitrogens with one attached hydrogen (secondary N) is 1. The van der Waals surface area contributed by atoms with Crippen LogP contribution in [0, 0.1) is 6.92 Å². The summed E-state index contributed by atoms with van der Waals surface area (Å²) in [5.41, 5.74) is 2.62. The zero-order valence-electron chi connectivity index (χ0n) is 15.0. The second-order valence-corrected chi connectivity index (χ2v) is 8.21. The summed E-state index contributed by atoms with van der Waals surface area (Å²) >= 11 is 13.4. The first kappa shape index (κ1) is 19.7. The van der Waals surface area contributed by atoms with Gasteiger partial charge in [0.05, 0.1) is 16.0 Å². The number of aromatic nitrogens is 3. The lowest BCUT2D eigenvalue weighted by Gasteiger charge is -2.13. The molecule has 0 radical (unpaired) electrons. The molecule has 140 valence electrons. The van der Waals surface area contributed by atoms with Crippen LogP contribution in [0.2, 0.25) is 10.0 Å². The Hall–Kier alpha value is -2.02. The molecule has 1 atom stereocenters. The van der Waals surface area contributed by atoms with E-state index in [1.807, 2.05) is 42.8 Å². The van der Waals surface area contributed by atoms with Gasteiger partial charge in [-0.3, -0.25) is 4.79 Å². The van der Waals surface area contributed by atoms with Crippen LogP contribution in [-0.4, -0.2) is 25.9 Å². The second kappa shape index (κ2) is 8.33. The topological polar surface area (TPSA) is 59.8 Å². The van der Waals surface area contributed by atoms with Gasteiger partial charge in [-0.15, -0.1) is 10.2 Å². The van der Waals surface area contributed by atoms with Crippen molar-refractivity contribution < 1.29 is 4.79 Å². The van der Waals surface area contributed by atoms with Gasteiger partial charge < -0.3 is 9.88 Å². The minimum absolute atomic E-state index is 0.190. The lowest BCUT2D eigenvalue weighted by atomic mass is 10.1. The highest BCUT2D eigenvalue weighted by Gasteiger charge is 2.20. The second-order valence-electron chi connectivity index (χ2n) is 6.05. The number of carbonyl (C=O) groups is 1. The van der Waals surface area contributed by atoms with Crippen molar-refractivity contribution >= 4 is 46.6 Å². The number of hydrogen-bond donors (Lipinski definition) is 1. The van der Waals surface area contributed by atoms with Crippen LogP contribution in [-0.2, 0) is 11.8 Å². The van der Waals surface area contributed by atoms with Crippen LogP contribution in [0.15, 0.2) is 47.6 Å². The van der Waals surface area contributed by atoms with Crippen LogP contribution < -0.4 is 5.32 Å². The highest BCUT2D eigenvalue weighted by Crippen LogP contribution is 2.29. The van der Waals surface area contributed by atoms with Crippen molar-refractivity contribution in [1.82, 2.24) is 14.8 Å². The molecule has 0 saturated heterocycles. The molecule has 2 aromatic carbocycles. The van der Waals surface area contributed by atoms with Crippen molar-refractivity contribution in [2.24, 2.45) is 7.05 Å². The third-order valence-corrected chi connectivity index (χ3v) is 5.76. The maximum Gasteiger partial charge on any atom is 0.237 e. The molecule has 1 N–H and O–H groups in total. The van der Waals surface area contributed by atoms with Crippen LogP contribution in [0.5, 0.6) is 0 Å². The molecule has 0 bridgehead atoms. The van der Waals surface area contributed by atoms with E-state index in [0.29, 0.717) is 20.9 Å². The largest absolute Gasteiger partial charge is 0.324 e. The standard InChI is InChI=1S/C19H18Cl2N4OS/c1-11-6-4-5-7-14(11)17-23-24-19(25(17)3)27-12(2)18(26)22-16-10-13(20)8-9-15(16)21/h4-10,12H,1-3H3,(H,22,26). The number of halogens is 2. The van der Waals surface area contributed by atoms with Gasteiger partial charge in [-0.25, -0.2) is 0 Å². The first-order valence-electron chi connectivity index (χ1n) is 8.24. The van der Waals surface area contributed by atoms with E-state index in [2.05, 4.69) is 15.5 Å². The van der Waals surface area contributed by atoms with Gasteiger partial charge in [0, 0.05) is 17.6 Å². The average Bonchev–Trinajstić information content (AvgIpc) is 2.99. The highest BCUT2D eigenvalue weighted by atomic mass is 35.5. The van der Waals surface area contributed by atoms with Gasteiger partial charge in [-0.2, -0.15) is 0 Å². The molecule has 5 nitrogen and oxygen atoms in total. The SMILES string of the molecule is Cc1ccccc1-c1nnc(SC(C)C(=O)Nc2cc(Cl)ccc2Cl)n1C. The van der Waals surface area contributed by atoms with Gasteiger partial charge in [-0.05, 0) is 37.6 Å². The van der Waals surface area contributed by atoms with E-state index in [9.17, 15) is 4.79 Å². The van der Waals surface area contributed by atoms with Gasteiger partial charge in [0.25, 0.3) is 0 Å². The van der Waals surface area contributed by atoms with E-state index in [-0.39, 0.29) is 5.91 Å². The van der Waals surface area contributed by atoms with E-state index in [4.69, 9.17) is 23.2 Å². The maximum absolute atomic E-state index is 12.5. The summed E-state index contributed by atoms with van der Waals surface area (Å²) in [6.45, 7) is 3.84. The van der Waals surface area contributed by atoms with Crippen LogP contribution in [0.1, 0.15) is 12.5 Å². The number of amides is 1. The number of anilines is 1. The number of hydrogen-bond acceptors (Lipinski definition) is 4. The fourth-order valence-corrected chi connectivity index (χ4v) is 3.67. The first-order valence-corrected chi connectivity index (χ1v) is 9.88. The molecule has 1 heterocycles. The van der Waals surface area contributed by atoms with E-state index in [1.54, 1.807) is 25.1 Å². The van der Waals surface area contributed by atoms with Crippen molar-refractivity contribution in [3.8, 4) is 11.4 Å². The van der Waals surface area contributed by atoms with Gasteiger partial charge in [0.1, 0.15) is 0 Å². The number of carbonyl (C=O) groups excluding carboxylic acids is 1. The molecule has 0 spiro atoms. The molecule has 0 aliphatic rings. The molecule has 1 unspecified atom stereocenters. The monoisotopic (exact) mass is 420 g/mol. The quantitative estimate of drug-likeness (QED) is 0.574. The number of nitrogens with zero attached hydrogens (tertiary/aromatic N) is 3. The van der Waals surface area contributed by atoms with Crippen molar-refractivity contribution in [3.05, 3.63) is 58.1 Å². The van der Waals surface area contributed by atoms with E-state index in [0.717, 1.165) is 17.0 Å². The highest BCUT2D eigenvalue weighted by molar-refractivity contribution is 8.00. The summed E-state index contributed by atoms with van der Waals surface area (Å²) in [6, 6.07) is 12.9. The van der Waals surface area contributed by atoms with Gasteiger partial charge in [0.15, 0.2) is 11.0 Å². The third kappa shape index (κ3) is 4.46. The predicted octanol–water partition coefficient (Wildman–Crippen LogP) is 5.22. The summed E-state index contributed by atoms with van der Waals surface area (Å²) in [5.74, 6) is 0.575. The van der Waals surface area contributed by atoms with Crippen molar-refractivity contribution in [2.45, 2.75) is 24.3 Å². The van der Waals surface area contributed by atoms with Crippen LogP contribution >= 0.6 is 35.0 Å². The Kier molecular flexibility index (Phi) is 6.09. The van der Waals surface area contributed by atoms with E-state index >= 15 is 0 Å². The van der Waals surface area contributed by atoms with Crippen molar-refractivity contribution in [3.63, 3.8) is 0 Å². The Labute approximate surface area is 172 Å². The van der Waals surface area contributed by atoms with Crippen molar-refractivity contribution in [2.75, 3.05) is 5.32 Å². The predicted molar refractivity (Wildman–Crippen MR) is 112 cm³/mol. The molecular weight excluding hydrogens is 403 g/mol. The average molecular weight is 421 g/mol. The van der Waals surface area contributed by atoms with Crippen LogP contribution in [0.4, 0.5) is 5.69 Å².